The molecule has 0 saturated carbocycles. The molecule has 0 aliphatic carbocycles. The van der Waals surface area contributed by atoms with Crippen molar-refractivity contribution >= 4 is 11.9 Å². The fraction of sp³-hybridized carbons (Fsp3) is 0.389. The van der Waals surface area contributed by atoms with Crippen molar-refractivity contribution < 1.29 is 19.1 Å². The lowest BCUT2D eigenvalue weighted by Crippen LogP contribution is -2.29. The van der Waals surface area contributed by atoms with E-state index >= 15 is 0 Å². The zero-order chi connectivity index (χ0) is 18.8. The van der Waals surface area contributed by atoms with Gasteiger partial charge in [0.1, 0.15) is 23.9 Å². The first-order valence-electron chi connectivity index (χ1n) is 7.87. The lowest BCUT2D eigenvalue weighted by molar-refractivity contribution is -0.139. The predicted octanol–water partition coefficient (Wildman–Crippen LogP) is 1.74. The van der Waals surface area contributed by atoms with Crippen LogP contribution in [0.4, 0.5) is 0 Å². The van der Waals surface area contributed by atoms with E-state index in [9.17, 15) is 9.59 Å². The van der Waals surface area contributed by atoms with E-state index in [1.54, 1.807) is 6.07 Å². The van der Waals surface area contributed by atoms with E-state index in [-0.39, 0.29) is 18.2 Å². The van der Waals surface area contributed by atoms with Gasteiger partial charge < -0.3 is 20.1 Å². The number of esters is 1. The van der Waals surface area contributed by atoms with Gasteiger partial charge in [-0.3, -0.25) is 9.59 Å². The van der Waals surface area contributed by atoms with Crippen molar-refractivity contribution in [2.24, 2.45) is 0 Å². The molecule has 7 heteroatoms. The largest absolute Gasteiger partial charge is 0.494 e. The molecule has 0 heterocycles. The van der Waals surface area contributed by atoms with Crippen molar-refractivity contribution in [1.82, 2.24) is 10.6 Å². The Morgan fingerprint density at radius 1 is 1.40 bits per heavy atom. The summed E-state index contributed by atoms with van der Waals surface area (Å²) in [5.41, 5.74) is 1.73. The Morgan fingerprint density at radius 2 is 2.12 bits per heavy atom. The van der Waals surface area contributed by atoms with Gasteiger partial charge in [0.2, 0.25) is 0 Å². The number of nitrogens with one attached hydrogen (secondary N) is 2. The highest BCUT2D eigenvalue weighted by atomic mass is 16.5. The molecule has 1 aromatic carbocycles. The van der Waals surface area contributed by atoms with E-state index < -0.39 is 11.9 Å². The van der Waals surface area contributed by atoms with E-state index in [0.29, 0.717) is 12.4 Å². The van der Waals surface area contributed by atoms with Crippen molar-refractivity contribution in [1.29, 1.82) is 5.26 Å². The number of nitriles is 1. The summed E-state index contributed by atoms with van der Waals surface area (Å²) in [6.45, 7) is 6.03. The van der Waals surface area contributed by atoms with Gasteiger partial charge in [-0.05, 0) is 26.8 Å². The Balaban J connectivity index is 2.84. The zero-order valence-corrected chi connectivity index (χ0v) is 14.9. The number of carbonyl (C=O) groups is 2. The molecule has 0 fully saturated rings. The van der Waals surface area contributed by atoms with Crippen LogP contribution in [0.3, 0.4) is 0 Å². The Morgan fingerprint density at radius 3 is 2.72 bits per heavy atom. The normalized spacial score (nSPS) is 11.9. The first-order chi connectivity index (χ1) is 11.9. The average molecular weight is 345 g/mol. The summed E-state index contributed by atoms with van der Waals surface area (Å²) in [6.07, 6.45) is 1.19. The SMILES string of the molecule is CCOc1ccc(C)cc1C(C)NC(=O)/C(C#N)=C\NCC(=O)OC. The Labute approximate surface area is 147 Å². The number of methoxy groups -OCH3 is 1. The van der Waals surface area contributed by atoms with Gasteiger partial charge in [-0.15, -0.1) is 0 Å². The molecule has 2 N–H and O–H groups in total. The number of rotatable bonds is 8. The van der Waals surface area contributed by atoms with E-state index in [1.165, 1.54) is 13.3 Å². The monoisotopic (exact) mass is 345 g/mol. The number of hydrogen-bond donors (Lipinski definition) is 2. The topological polar surface area (TPSA) is 100 Å². The molecule has 134 valence electrons. The summed E-state index contributed by atoms with van der Waals surface area (Å²) in [7, 11) is 1.26. The predicted molar refractivity (Wildman–Crippen MR) is 92.6 cm³/mol. The summed E-state index contributed by atoms with van der Waals surface area (Å²) < 4.78 is 10.1. The molecule has 0 spiro atoms. The first-order valence-corrected chi connectivity index (χ1v) is 7.87. The van der Waals surface area contributed by atoms with Crippen molar-refractivity contribution in [2.75, 3.05) is 20.3 Å². The molecular formula is C18H23N3O4. The molecule has 1 rings (SSSR count). The van der Waals surface area contributed by atoms with E-state index in [1.807, 2.05) is 39.0 Å². The third kappa shape index (κ3) is 6.18. The summed E-state index contributed by atoms with van der Waals surface area (Å²) >= 11 is 0. The number of amides is 1. The second kappa shape index (κ2) is 9.98. The summed E-state index contributed by atoms with van der Waals surface area (Å²) in [5.74, 6) is -0.355. The molecule has 1 unspecified atom stereocenters. The molecule has 1 atom stereocenters. The van der Waals surface area contributed by atoms with E-state index in [2.05, 4.69) is 15.4 Å². The number of carbonyl (C=O) groups excluding carboxylic acids is 2. The third-order valence-electron chi connectivity index (χ3n) is 3.36. The van der Waals surface area contributed by atoms with Crippen molar-refractivity contribution in [3.8, 4) is 11.8 Å². The van der Waals surface area contributed by atoms with Gasteiger partial charge in [-0.25, -0.2) is 0 Å². The van der Waals surface area contributed by atoms with Gasteiger partial charge in [0.05, 0.1) is 19.8 Å². The standard InChI is InChI=1S/C18H23N3O4/c1-5-25-16-7-6-12(2)8-15(16)13(3)21-18(23)14(9-19)10-20-11-17(22)24-4/h6-8,10,13,20H,5,11H2,1-4H3,(H,21,23)/b14-10-. The highest BCUT2D eigenvalue weighted by Crippen LogP contribution is 2.26. The van der Waals surface area contributed by atoms with Crippen molar-refractivity contribution in [3.63, 3.8) is 0 Å². The maximum atomic E-state index is 12.3. The average Bonchev–Trinajstić information content (AvgIpc) is 2.59. The molecule has 1 amide bonds. The van der Waals surface area contributed by atoms with E-state index in [4.69, 9.17) is 10.00 Å². The van der Waals surface area contributed by atoms with Crippen LogP contribution >= 0.6 is 0 Å². The molecular weight excluding hydrogens is 322 g/mol. The minimum absolute atomic E-state index is 0.128. The van der Waals surface area contributed by atoms with Crippen LogP contribution < -0.4 is 15.4 Å². The van der Waals surface area contributed by atoms with Gasteiger partial charge in [-0.2, -0.15) is 5.26 Å². The molecule has 0 aromatic heterocycles. The minimum Gasteiger partial charge on any atom is -0.494 e. The zero-order valence-electron chi connectivity index (χ0n) is 14.9. The summed E-state index contributed by atoms with van der Waals surface area (Å²) in [6, 6.07) is 7.17. The van der Waals surface area contributed by atoms with Crippen LogP contribution in [-0.2, 0) is 14.3 Å². The minimum atomic E-state index is -0.545. The maximum Gasteiger partial charge on any atom is 0.325 e. The van der Waals surface area contributed by atoms with Gasteiger partial charge in [0, 0.05) is 11.8 Å². The lowest BCUT2D eigenvalue weighted by Gasteiger charge is -2.18. The number of benzene rings is 1. The molecule has 7 nitrogen and oxygen atoms in total. The van der Waals surface area contributed by atoms with Crippen molar-refractivity contribution in [3.05, 3.63) is 41.1 Å². The number of aryl methyl sites for hydroxylation is 1. The first kappa shape index (κ1) is 20.0. The molecule has 1 aromatic rings. The number of nitrogens with zero attached hydrogens (tertiary/aromatic N) is 1. The third-order valence-corrected chi connectivity index (χ3v) is 3.36. The van der Waals surface area contributed by atoms with Crippen LogP contribution in [0.15, 0.2) is 30.0 Å². The smallest absolute Gasteiger partial charge is 0.325 e. The lowest BCUT2D eigenvalue weighted by atomic mass is 10.0. The van der Waals surface area contributed by atoms with Crippen LogP contribution in [0.2, 0.25) is 0 Å². The van der Waals surface area contributed by atoms with Crippen molar-refractivity contribution in [2.45, 2.75) is 26.8 Å². The quantitative estimate of drug-likeness (QED) is 0.423. The van der Waals surface area contributed by atoms with Gasteiger partial charge in [0.15, 0.2) is 0 Å². The fourth-order valence-electron chi connectivity index (χ4n) is 2.10. The Hall–Kier alpha value is -3.01. The van der Waals surface area contributed by atoms with Crippen LogP contribution in [0, 0.1) is 18.3 Å². The van der Waals surface area contributed by atoms with Crippen LogP contribution in [0.5, 0.6) is 5.75 Å². The second-order valence-electron chi connectivity index (χ2n) is 5.30. The molecule has 0 radical (unpaired) electrons. The van der Waals surface area contributed by atoms with Crippen LogP contribution in [0.1, 0.15) is 31.0 Å². The molecule has 0 saturated heterocycles. The highest BCUT2D eigenvalue weighted by molar-refractivity contribution is 5.97. The highest BCUT2D eigenvalue weighted by Gasteiger charge is 2.17. The molecule has 0 bridgehead atoms. The summed E-state index contributed by atoms with van der Waals surface area (Å²) in [5, 5.41) is 14.5. The second-order valence-corrected chi connectivity index (χ2v) is 5.30. The van der Waals surface area contributed by atoms with Gasteiger partial charge >= 0.3 is 5.97 Å². The van der Waals surface area contributed by atoms with Gasteiger partial charge in [-0.1, -0.05) is 17.7 Å². The van der Waals surface area contributed by atoms with E-state index in [0.717, 1.165) is 11.1 Å². The fourth-order valence-corrected chi connectivity index (χ4v) is 2.10. The maximum absolute atomic E-state index is 12.3. The molecule has 0 aliphatic heterocycles. The Bertz CT molecular complexity index is 692. The van der Waals surface area contributed by atoms with Crippen LogP contribution in [-0.4, -0.2) is 32.1 Å². The van der Waals surface area contributed by atoms with Gasteiger partial charge in [0.25, 0.3) is 5.91 Å². The summed E-state index contributed by atoms with van der Waals surface area (Å²) in [4.78, 5) is 23.3. The molecule has 25 heavy (non-hydrogen) atoms. The molecule has 0 aliphatic rings. The number of ether oxygens (including phenoxy) is 2. The van der Waals surface area contributed by atoms with Crippen LogP contribution in [0.25, 0.3) is 0 Å². The Kier molecular flexibility index (Phi) is 8.00. The number of hydrogen-bond acceptors (Lipinski definition) is 6.